The zero-order chi connectivity index (χ0) is 10.6. The van der Waals surface area contributed by atoms with Gasteiger partial charge in [0.05, 0.1) is 0 Å². The third-order valence-corrected chi connectivity index (χ3v) is 2.72. The van der Waals surface area contributed by atoms with E-state index in [0.29, 0.717) is 6.42 Å². The van der Waals surface area contributed by atoms with Gasteiger partial charge in [0.15, 0.2) is 0 Å². The molecule has 1 atom stereocenters. The minimum atomic E-state index is -1.03. The molecule has 1 fully saturated rings. The van der Waals surface area contributed by atoms with E-state index in [1.54, 1.807) is 6.92 Å². The minimum absolute atomic E-state index is 0.205. The third kappa shape index (κ3) is 2.72. The molecule has 0 spiro atoms. The lowest BCUT2D eigenvalue weighted by Crippen LogP contribution is -2.40. The molecule has 2 N–H and O–H groups in total. The summed E-state index contributed by atoms with van der Waals surface area (Å²) >= 11 is 0. The molecule has 1 amide bonds. The zero-order valence-corrected chi connectivity index (χ0v) is 8.45. The summed E-state index contributed by atoms with van der Waals surface area (Å²) in [7, 11) is 0. The Labute approximate surface area is 83.7 Å². The van der Waals surface area contributed by atoms with Gasteiger partial charge in [-0.2, -0.15) is 0 Å². The summed E-state index contributed by atoms with van der Waals surface area (Å²) in [5.74, 6) is -2.23. The van der Waals surface area contributed by atoms with Crippen molar-refractivity contribution >= 4 is 11.9 Å². The number of carbonyl (C=O) groups is 2. The van der Waals surface area contributed by atoms with Gasteiger partial charge in [-0.1, -0.05) is 19.8 Å². The average molecular weight is 199 g/mol. The number of hydrogen-bond donors (Lipinski definition) is 2. The maximum Gasteiger partial charge on any atom is 0.316 e. The van der Waals surface area contributed by atoms with Gasteiger partial charge >= 0.3 is 5.97 Å². The van der Waals surface area contributed by atoms with Crippen LogP contribution in [-0.2, 0) is 9.59 Å². The summed E-state index contributed by atoms with van der Waals surface area (Å²) < 4.78 is 0. The minimum Gasteiger partial charge on any atom is -0.481 e. The number of hydrogen-bond acceptors (Lipinski definition) is 2. The predicted molar refractivity (Wildman–Crippen MR) is 51.8 cm³/mol. The molecular weight excluding hydrogens is 182 g/mol. The van der Waals surface area contributed by atoms with E-state index in [9.17, 15) is 9.59 Å². The molecule has 0 heterocycles. The molecule has 1 rings (SSSR count). The highest BCUT2D eigenvalue weighted by molar-refractivity contribution is 5.96. The van der Waals surface area contributed by atoms with Crippen LogP contribution in [0.3, 0.4) is 0 Å². The second-order valence-corrected chi connectivity index (χ2v) is 3.79. The van der Waals surface area contributed by atoms with Gasteiger partial charge in [0, 0.05) is 6.04 Å². The fourth-order valence-electron chi connectivity index (χ4n) is 1.84. The summed E-state index contributed by atoms with van der Waals surface area (Å²) in [6.07, 6.45) is 4.60. The van der Waals surface area contributed by atoms with Crippen LogP contribution < -0.4 is 5.32 Å². The van der Waals surface area contributed by atoms with Crippen LogP contribution >= 0.6 is 0 Å². The lowest BCUT2D eigenvalue weighted by molar-refractivity contribution is -0.147. The van der Waals surface area contributed by atoms with Gasteiger partial charge in [-0.05, 0) is 19.3 Å². The molecule has 80 valence electrons. The molecule has 0 radical (unpaired) electrons. The van der Waals surface area contributed by atoms with Crippen molar-refractivity contribution in [2.24, 2.45) is 5.92 Å². The maximum absolute atomic E-state index is 11.5. The highest BCUT2D eigenvalue weighted by atomic mass is 16.4. The van der Waals surface area contributed by atoms with E-state index in [1.807, 2.05) is 0 Å². The van der Waals surface area contributed by atoms with Crippen molar-refractivity contribution in [3.05, 3.63) is 0 Å². The molecule has 0 aromatic carbocycles. The number of carbonyl (C=O) groups excluding carboxylic acids is 1. The van der Waals surface area contributed by atoms with Crippen LogP contribution in [0.2, 0.25) is 0 Å². The summed E-state index contributed by atoms with van der Waals surface area (Å²) in [6.45, 7) is 1.72. The highest BCUT2D eigenvalue weighted by Crippen LogP contribution is 2.18. The first kappa shape index (κ1) is 11.0. The van der Waals surface area contributed by atoms with Gasteiger partial charge in [0.1, 0.15) is 5.92 Å². The molecule has 1 unspecified atom stereocenters. The Morgan fingerprint density at radius 1 is 1.43 bits per heavy atom. The van der Waals surface area contributed by atoms with E-state index in [-0.39, 0.29) is 11.9 Å². The van der Waals surface area contributed by atoms with E-state index in [0.717, 1.165) is 25.7 Å². The largest absolute Gasteiger partial charge is 0.481 e. The molecule has 0 aromatic rings. The first-order valence-corrected chi connectivity index (χ1v) is 5.18. The molecule has 1 aliphatic carbocycles. The van der Waals surface area contributed by atoms with Crippen LogP contribution in [0.1, 0.15) is 39.0 Å². The molecule has 1 saturated carbocycles. The molecule has 0 aliphatic heterocycles. The molecule has 0 aromatic heterocycles. The third-order valence-electron chi connectivity index (χ3n) is 2.72. The first-order chi connectivity index (χ1) is 6.65. The molecule has 4 nitrogen and oxygen atoms in total. The van der Waals surface area contributed by atoms with Gasteiger partial charge < -0.3 is 10.4 Å². The smallest absolute Gasteiger partial charge is 0.316 e. The molecule has 0 bridgehead atoms. The van der Waals surface area contributed by atoms with Crippen LogP contribution in [0.15, 0.2) is 0 Å². The average Bonchev–Trinajstić information content (AvgIpc) is 2.57. The Bertz CT molecular complexity index is 221. The second kappa shape index (κ2) is 4.98. The number of amides is 1. The normalized spacial score (nSPS) is 19.2. The van der Waals surface area contributed by atoms with E-state index < -0.39 is 11.9 Å². The summed E-state index contributed by atoms with van der Waals surface area (Å²) in [6, 6.07) is 0.205. The lowest BCUT2D eigenvalue weighted by Gasteiger charge is -2.15. The van der Waals surface area contributed by atoms with Crippen LogP contribution in [-0.4, -0.2) is 23.0 Å². The number of rotatable bonds is 4. The van der Waals surface area contributed by atoms with Crippen molar-refractivity contribution in [2.45, 2.75) is 45.1 Å². The standard InChI is InChI=1S/C10H17NO3/c1-2-8(10(13)14)9(12)11-7-5-3-4-6-7/h7-8H,2-6H2,1H3,(H,11,12)(H,13,14). The van der Waals surface area contributed by atoms with E-state index in [2.05, 4.69) is 5.32 Å². The maximum atomic E-state index is 11.5. The Balaban J connectivity index is 2.42. The fourth-order valence-corrected chi connectivity index (χ4v) is 1.84. The molecule has 0 saturated heterocycles. The Morgan fingerprint density at radius 2 is 2.00 bits per heavy atom. The van der Waals surface area contributed by atoms with Crippen molar-refractivity contribution in [1.82, 2.24) is 5.32 Å². The van der Waals surface area contributed by atoms with Gasteiger partial charge in [0.25, 0.3) is 0 Å². The predicted octanol–water partition coefficient (Wildman–Crippen LogP) is 1.16. The number of nitrogens with one attached hydrogen (secondary N) is 1. The topological polar surface area (TPSA) is 66.4 Å². The van der Waals surface area contributed by atoms with Gasteiger partial charge in [-0.3, -0.25) is 9.59 Å². The summed E-state index contributed by atoms with van der Waals surface area (Å²) in [4.78, 5) is 22.2. The Morgan fingerprint density at radius 3 is 2.43 bits per heavy atom. The van der Waals surface area contributed by atoms with Crippen molar-refractivity contribution in [3.63, 3.8) is 0 Å². The second-order valence-electron chi connectivity index (χ2n) is 3.79. The Kier molecular flexibility index (Phi) is 3.92. The first-order valence-electron chi connectivity index (χ1n) is 5.18. The Hall–Kier alpha value is -1.06. The van der Waals surface area contributed by atoms with Crippen LogP contribution in [0, 0.1) is 5.92 Å². The highest BCUT2D eigenvalue weighted by Gasteiger charge is 2.26. The van der Waals surface area contributed by atoms with Crippen molar-refractivity contribution < 1.29 is 14.7 Å². The van der Waals surface area contributed by atoms with Crippen LogP contribution in [0.5, 0.6) is 0 Å². The molecular formula is C10H17NO3. The van der Waals surface area contributed by atoms with Crippen LogP contribution in [0.4, 0.5) is 0 Å². The molecule has 14 heavy (non-hydrogen) atoms. The van der Waals surface area contributed by atoms with Crippen LogP contribution in [0.25, 0.3) is 0 Å². The lowest BCUT2D eigenvalue weighted by atomic mass is 10.1. The van der Waals surface area contributed by atoms with Crippen molar-refractivity contribution in [3.8, 4) is 0 Å². The SMILES string of the molecule is CCC(C(=O)O)C(=O)NC1CCCC1. The van der Waals surface area contributed by atoms with Crippen molar-refractivity contribution in [2.75, 3.05) is 0 Å². The molecule has 1 aliphatic rings. The summed E-state index contributed by atoms with van der Waals surface area (Å²) in [5.41, 5.74) is 0. The summed E-state index contributed by atoms with van der Waals surface area (Å²) in [5, 5.41) is 11.5. The quantitative estimate of drug-likeness (QED) is 0.667. The van der Waals surface area contributed by atoms with Gasteiger partial charge in [0.2, 0.25) is 5.91 Å². The van der Waals surface area contributed by atoms with Crippen molar-refractivity contribution in [1.29, 1.82) is 0 Å². The van der Waals surface area contributed by atoms with Gasteiger partial charge in [-0.25, -0.2) is 0 Å². The monoisotopic (exact) mass is 199 g/mol. The van der Waals surface area contributed by atoms with E-state index >= 15 is 0 Å². The van der Waals surface area contributed by atoms with E-state index in [4.69, 9.17) is 5.11 Å². The number of carboxylic acids is 1. The van der Waals surface area contributed by atoms with Gasteiger partial charge in [-0.15, -0.1) is 0 Å². The molecule has 4 heteroatoms. The van der Waals surface area contributed by atoms with E-state index in [1.165, 1.54) is 0 Å². The number of carboxylic acid groups (broad SMARTS) is 1. The zero-order valence-electron chi connectivity index (χ0n) is 8.45. The number of aliphatic carboxylic acids is 1. The fraction of sp³-hybridized carbons (Fsp3) is 0.800.